The lowest BCUT2D eigenvalue weighted by atomic mass is 10.1. The molecule has 0 bridgehead atoms. The minimum Gasteiger partial charge on any atom is -0.380 e. The summed E-state index contributed by atoms with van der Waals surface area (Å²) >= 11 is 0. The predicted octanol–water partition coefficient (Wildman–Crippen LogP) is 2.41. The topological polar surface area (TPSA) is 50.4 Å². The SMILES string of the molecule is CCOCC(NCC(=O)Nc1ccccc1F)C(C)C. The van der Waals surface area contributed by atoms with Gasteiger partial charge < -0.3 is 15.4 Å². The standard InChI is InChI=1S/C15H23FN2O2/c1-4-20-10-14(11(2)3)17-9-15(19)18-13-8-6-5-7-12(13)16/h5-8,11,14,17H,4,9-10H2,1-3H3,(H,18,19). The zero-order valence-corrected chi connectivity index (χ0v) is 12.3. The zero-order valence-electron chi connectivity index (χ0n) is 12.3. The summed E-state index contributed by atoms with van der Waals surface area (Å²) in [5.74, 6) is -0.351. The number of para-hydroxylation sites is 1. The molecule has 1 unspecified atom stereocenters. The van der Waals surface area contributed by atoms with E-state index in [1.807, 2.05) is 6.92 Å². The van der Waals surface area contributed by atoms with Gasteiger partial charge in [0, 0.05) is 12.6 Å². The van der Waals surface area contributed by atoms with Crippen molar-refractivity contribution in [2.24, 2.45) is 5.92 Å². The van der Waals surface area contributed by atoms with E-state index in [1.54, 1.807) is 12.1 Å². The van der Waals surface area contributed by atoms with Crippen molar-refractivity contribution in [2.75, 3.05) is 25.1 Å². The lowest BCUT2D eigenvalue weighted by Crippen LogP contribution is -2.42. The number of hydrogen-bond donors (Lipinski definition) is 2. The van der Waals surface area contributed by atoms with Crippen molar-refractivity contribution in [3.63, 3.8) is 0 Å². The Balaban J connectivity index is 2.43. The zero-order chi connectivity index (χ0) is 15.0. The van der Waals surface area contributed by atoms with Crippen LogP contribution < -0.4 is 10.6 Å². The van der Waals surface area contributed by atoms with Gasteiger partial charge in [0.2, 0.25) is 5.91 Å². The Bertz CT molecular complexity index is 424. The van der Waals surface area contributed by atoms with Crippen molar-refractivity contribution >= 4 is 11.6 Å². The second-order valence-electron chi connectivity index (χ2n) is 4.92. The van der Waals surface area contributed by atoms with Crippen molar-refractivity contribution in [2.45, 2.75) is 26.8 Å². The van der Waals surface area contributed by atoms with Crippen molar-refractivity contribution in [1.29, 1.82) is 0 Å². The van der Waals surface area contributed by atoms with Gasteiger partial charge in [-0.15, -0.1) is 0 Å². The summed E-state index contributed by atoms with van der Waals surface area (Å²) in [6, 6.07) is 6.21. The highest BCUT2D eigenvalue weighted by atomic mass is 19.1. The van der Waals surface area contributed by atoms with Crippen LogP contribution in [0, 0.1) is 11.7 Å². The number of carbonyl (C=O) groups excluding carboxylic acids is 1. The van der Waals surface area contributed by atoms with Crippen LogP contribution in [0.1, 0.15) is 20.8 Å². The average molecular weight is 282 g/mol. The van der Waals surface area contributed by atoms with Crippen LogP contribution in [0.15, 0.2) is 24.3 Å². The maximum atomic E-state index is 13.4. The Morgan fingerprint density at radius 3 is 2.65 bits per heavy atom. The number of anilines is 1. The summed E-state index contributed by atoms with van der Waals surface area (Å²) in [5, 5.41) is 5.68. The van der Waals surface area contributed by atoms with Gasteiger partial charge in [0.05, 0.1) is 18.8 Å². The number of rotatable bonds is 8. The van der Waals surface area contributed by atoms with E-state index in [-0.39, 0.29) is 24.2 Å². The molecule has 0 saturated carbocycles. The smallest absolute Gasteiger partial charge is 0.238 e. The molecular weight excluding hydrogens is 259 g/mol. The largest absolute Gasteiger partial charge is 0.380 e. The van der Waals surface area contributed by atoms with Crippen LogP contribution >= 0.6 is 0 Å². The highest BCUT2D eigenvalue weighted by Gasteiger charge is 2.14. The number of ether oxygens (including phenoxy) is 1. The monoisotopic (exact) mass is 282 g/mol. The fourth-order valence-electron chi connectivity index (χ4n) is 1.71. The van der Waals surface area contributed by atoms with E-state index in [9.17, 15) is 9.18 Å². The van der Waals surface area contributed by atoms with Gasteiger partial charge in [0.15, 0.2) is 0 Å². The van der Waals surface area contributed by atoms with Gasteiger partial charge in [-0.2, -0.15) is 0 Å². The van der Waals surface area contributed by atoms with Crippen LogP contribution in [0.25, 0.3) is 0 Å². The molecule has 0 saturated heterocycles. The number of halogens is 1. The first-order valence-corrected chi connectivity index (χ1v) is 6.90. The molecule has 20 heavy (non-hydrogen) atoms. The lowest BCUT2D eigenvalue weighted by molar-refractivity contribution is -0.115. The van der Waals surface area contributed by atoms with Crippen molar-refractivity contribution < 1.29 is 13.9 Å². The Morgan fingerprint density at radius 1 is 1.35 bits per heavy atom. The number of benzene rings is 1. The molecular formula is C15H23FN2O2. The molecule has 1 atom stereocenters. The van der Waals surface area contributed by atoms with E-state index in [0.717, 1.165) is 0 Å². The predicted molar refractivity (Wildman–Crippen MR) is 78.2 cm³/mol. The van der Waals surface area contributed by atoms with Crippen LogP contribution in [-0.2, 0) is 9.53 Å². The van der Waals surface area contributed by atoms with Crippen molar-refractivity contribution in [3.8, 4) is 0 Å². The Morgan fingerprint density at radius 2 is 2.05 bits per heavy atom. The Hall–Kier alpha value is -1.46. The maximum Gasteiger partial charge on any atom is 0.238 e. The fraction of sp³-hybridized carbons (Fsp3) is 0.533. The number of nitrogens with one attached hydrogen (secondary N) is 2. The van der Waals surface area contributed by atoms with Crippen molar-refractivity contribution in [1.82, 2.24) is 5.32 Å². The third-order valence-electron chi connectivity index (χ3n) is 2.98. The number of amides is 1. The highest BCUT2D eigenvalue weighted by molar-refractivity contribution is 5.92. The van der Waals surface area contributed by atoms with Gasteiger partial charge in [-0.3, -0.25) is 4.79 Å². The third-order valence-corrected chi connectivity index (χ3v) is 2.98. The Labute approximate surface area is 119 Å². The van der Waals surface area contributed by atoms with Gasteiger partial charge in [0.25, 0.3) is 0 Å². The summed E-state index contributed by atoms with van der Waals surface area (Å²) in [6.07, 6.45) is 0. The van der Waals surface area contributed by atoms with Crippen LogP contribution in [0.3, 0.4) is 0 Å². The summed E-state index contributed by atoms with van der Waals surface area (Å²) in [4.78, 5) is 11.8. The van der Waals surface area contributed by atoms with Gasteiger partial charge in [-0.25, -0.2) is 4.39 Å². The van der Waals surface area contributed by atoms with Crippen LogP contribution in [0.4, 0.5) is 10.1 Å². The molecule has 5 heteroatoms. The van der Waals surface area contributed by atoms with Gasteiger partial charge in [-0.05, 0) is 25.0 Å². The molecule has 4 nitrogen and oxygen atoms in total. The van der Waals surface area contributed by atoms with E-state index in [1.165, 1.54) is 12.1 Å². The van der Waals surface area contributed by atoms with Gasteiger partial charge in [0.1, 0.15) is 5.82 Å². The molecule has 0 fully saturated rings. The van der Waals surface area contributed by atoms with E-state index in [2.05, 4.69) is 24.5 Å². The van der Waals surface area contributed by atoms with Crippen LogP contribution in [0.2, 0.25) is 0 Å². The highest BCUT2D eigenvalue weighted by Crippen LogP contribution is 2.11. The van der Waals surface area contributed by atoms with E-state index >= 15 is 0 Å². The quantitative estimate of drug-likeness (QED) is 0.770. The molecule has 1 amide bonds. The average Bonchev–Trinajstić information content (AvgIpc) is 2.41. The molecule has 0 aliphatic heterocycles. The molecule has 0 radical (unpaired) electrons. The maximum absolute atomic E-state index is 13.4. The summed E-state index contributed by atoms with van der Waals surface area (Å²) < 4.78 is 18.8. The molecule has 1 aromatic carbocycles. The first kappa shape index (κ1) is 16.6. The fourth-order valence-corrected chi connectivity index (χ4v) is 1.71. The molecule has 0 spiro atoms. The van der Waals surface area contributed by atoms with Crippen LogP contribution in [0.5, 0.6) is 0 Å². The molecule has 0 aromatic heterocycles. The second-order valence-corrected chi connectivity index (χ2v) is 4.92. The molecule has 112 valence electrons. The summed E-state index contributed by atoms with van der Waals surface area (Å²) in [7, 11) is 0. The Kier molecular flexibility index (Phi) is 7.18. The van der Waals surface area contributed by atoms with E-state index < -0.39 is 5.82 Å². The second kappa shape index (κ2) is 8.66. The molecule has 0 aliphatic carbocycles. The molecule has 0 heterocycles. The van der Waals surface area contributed by atoms with Crippen molar-refractivity contribution in [3.05, 3.63) is 30.1 Å². The molecule has 2 N–H and O–H groups in total. The number of carbonyl (C=O) groups is 1. The van der Waals surface area contributed by atoms with Gasteiger partial charge in [-0.1, -0.05) is 26.0 Å². The summed E-state index contributed by atoms with van der Waals surface area (Å²) in [5.41, 5.74) is 0.199. The van der Waals surface area contributed by atoms with E-state index in [0.29, 0.717) is 19.1 Å². The first-order chi connectivity index (χ1) is 9.54. The lowest BCUT2D eigenvalue weighted by Gasteiger charge is -2.21. The first-order valence-electron chi connectivity index (χ1n) is 6.90. The number of hydrogen-bond acceptors (Lipinski definition) is 3. The molecule has 1 rings (SSSR count). The third kappa shape index (κ3) is 5.67. The molecule has 0 aliphatic rings. The van der Waals surface area contributed by atoms with Gasteiger partial charge >= 0.3 is 0 Å². The van der Waals surface area contributed by atoms with Crippen LogP contribution in [-0.4, -0.2) is 31.7 Å². The molecule has 1 aromatic rings. The minimum absolute atomic E-state index is 0.0984. The van der Waals surface area contributed by atoms with E-state index in [4.69, 9.17) is 4.74 Å². The minimum atomic E-state index is -0.435. The normalized spacial score (nSPS) is 12.4. The summed E-state index contributed by atoms with van der Waals surface area (Å²) in [6.45, 7) is 7.39.